The van der Waals surface area contributed by atoms with Crippen molar-refractivity contribution in [2.75, 3.05) is 13.2 Å². The van der Waals surface area contributed by atoms with Gasteiger partial charge in [-0.25, -0.2) is 0 Å². The summed E-state index contributed by atoms with van der Waals surface area (Å²) < 4.78 is 5.00. The zero-order chi connectivity index (χ0) is 19.1. The molecule has 0 heterocycles. The van der Waals surface area contributed by atoms with Gasteiger partial charge in [0.1, 0.15) is 6.61 Å². The lowest BCUT2D eigenvalue weighted by molar-refractivity contribution is -0.143. The first-order valence-electron chi connectivity index (χ1n) is 7.96. The SMILES string of the molecule is CCC(=O)OCCN(C(=O)c1ccccc1)C(=O)c1ccc(Cl)c(Cl)c1. The number of halogens is 2. The van der Waals surface area contributed by atoms with Crippen LogP contribution in [-0.4, -0.2) is 35.8 Å². The van der Waals surface area contributed by atoms with Crippen molar-refractivity contribution in [3.63, 3.8) is 0 Å². The molecule has 0 atom stereocenters. The van der Waals surface area contributed by atoms with Crippen molar-refractivity contribution in [2.45, 2.75) is 13.3 Å². The zero-order valence-corrected chi connectivity index (χ0v) is 15.6. The van der Waals surface area contributed by atoms with E-state index in [1.807, 2.05) is 0 Å². The number of nitrogens with zero attached hydrogens (tertiary/aromatic N) is 1. The summed E-state index contributed by atoms with van der Waals surface area (Å²) in [4.78, 5) is 37.9. The number of ether oxygens (including phenoxy) is 1. The summed E-state index contributed by atoms with van der Waals surface area (Å²) in [5.74, 6) is -1.45. The van der Waals surface area contributed by atoms with Crippen LogP contribution in [0.5, 0.6) is 0 Å². The van der Waals surface area contributed by atoms with Crippen LogP contribution in [0.1, 0.15) is 34.1 Å². The van der Waals surface area contributed by atoms with Gasteiger partial charge in [-0.3, -0.25) is 19.3 Å². The Morgan fingerprint density at radius 2 is 1.58 bits per heavy atom. The van der Waals surface area contributed by atoms with E-state index in [1.165, 1.54) is 18.2 Å². The average molecular weight is 394 g/mol. The molecule has 0 unspecified atom stereocenters. The van der Waals surface area contributed by atoms with E-state index in [1.54, 1.807) is 37.3 Å². The molecule has 2 aromatic carbocycles. The Balaban J connectivity index is 2.26. The van der Waals surface area contributed by atoms with Gasteiger partial charge in [-0.15, -0.1) is 0 Å². The van der Waals surface area contributed by atoms with Gasteiger partial charge in [0.2, 0.25) is 0 Å². The normalized spacial score (nSPS) is 10.3. The average Bonchev–Trinajstić information content (AvgIpc) is 2.67. The molecule has 0 spiro atoms. The minimum absolute atomic E-state index is 0.0709. The van der Waals surface area contributed by atoms with E-state index >= 15 is 0 Å². The number of hydrogen-bond acceptors (Lipinski definition) is 4. The van der Waals surface area contributed by atoms with Crippen molar-refractivity contribution in [3.8, 4) is 0 Å². The lowest BCUT2D eigenvalue weighted by atomic mass is 10.1. The lowest BCUT2D eigenvalue weighted by Gasteiger charge is -2.21. The topological polar surface area (TPSA) is 63.7 Å². The molecule has 26 heavy (non-hydrogen) atoms. The Morgan fingerprint density at radius 3 is 2.19 bits per heavy atom. The first-order valence-corrected chi connectivity index (χ1v) is 8.71. The highest BCUT2D eigenvalue weighted by Crippen LogP contribution is 2.23. The fourth-order valence-electron chi connectivity index (χ4n) is 2.17. The Bertz CT molecular complexity index is 808. The van der Waals surface area contributed by atoms with Crippen LogP contribution in [0.25, 0.3) is 0 Å². The second-order valence-corrected chi connectivity index (χ2v) is 6.15. The minimum Gasteiger partial charge on any atom is -0.464 e. The van der Waals surface area contributed by atoms with E-state index in [0.717, 1.165) is 4.90 Å². The molecule has 136 valence electrons. The first-order chi connectivity index (χ1) is 12.4. The maximum Gasteiger partial charge on any atom is 0.305 e. The van der Waals surface area contributed by atoms with Crippen molar-refractivity contribution in [1.82, 2.24) is 4.90 Å². The molecule has 0 saturated heterocycles. The van der Waals surface area contributed by atoms with Crippen LogP contribution >= 0.6 is 23.2 Å². The summed E-state index contributed by atoms with van der Waals surface area (Å²) in [6.07, 6.45) is 0.216. The largest absolute Gasteiger partial charge is 0.464 e. The monoisotopic (exact) mass is 393 g/mol. The van der Waals surface area contributed by atoms with Gasteiger partial charge in [-0.2, -0.15) is 0 Å². The molecule has 0 bridgehead atoms. The van der Waals surface area contributed by atoms with Gasteiger partial charge in [-0.1, -0.05) is 48.3 Å². The summed E-state index contributed by atoms with van der Waals surface area (Å²) >= 11 is 11.8. The smallest absolute Gasteiger partial charge is 0.305 e. The van der Waals surface area contributed by atoms with E-state index in [-0.39, 0.29) is 30.2 Å². The van der Waals surface area contributed by atoms with E-state index < -0.39 is 17.8 Å². The summed E-state index contributed by atoms with van der Waals surface area (Å²) in [7, 11) is 0. The molecule has 0 aromatic heterocycles. The van der Waals surface area contributed by atoms with Crippen molar-refractivity contribution in [1.29, 1.82) is 0 Å². The minimum atomic E-state index is -0.551. The highest BCUT2D eigenvalue weighted by molar-refractivity contribution is 6.42. The second kappa shape index (κ2) is 9.36. The number of hydrogen-bond donors (Lipinski definition) is 0. The molecular weight excluding hydrogens is 377 g/mol. The van der Waals surface area contributed by atoms with E-state index in [9.17, 15) is 14.4 Å². The van der Waals surface area contributed by atoms with Gasteiger partial charge in [0.25, 0.3) is 11.8 Å². The molecule has 2 amide bonds. The second-order valence-electron chi connectivity index (χ2n) is 5.33. The first kappa shape index (κ1) is 19.9. The van der Waals surface area contributed by atoms with Crippen LogP contribution in [0.15, 0.2) is 48.5 Å². The maximum atomic E-state index is 12.8. The van der Waals surface area contributed by atoms with Crippen LogP contribution in [0.3, 0.4) is 0 Å². The quantitative estimate of drug-likeness (QED) is 0.544. The number of esters is 1. The van der Waals surface area contributed by atoms with Gasteiger partial charge in [0.15, 0.2) is 0 Å². The van der Waals surface area contributed by atoms with Crippen LogP contribution in [0.2, 0.25) is 10.0 Å². The molecule has 0 aliphatic rings. The predicted octanol–water partition coefficient (Wildman–Crippen LogP) is 4.23. The highest BCUT2D eigenvalue weighted by Gasteiger charge is 2.24. The maximum absolute atomic E-state index is 12.8. The van der Waals surface area contributed by atoms with Crippen LogP contribution in [0.4, 0.5) is 0 Å². The van der Waals surface area contributed by atoms with Crippen LogP contribution in [-0.2, 0) is 9.53 Å². The fourth-order valence-corrected chi connectivity index (χ4v) is 2.47. The van der Waals surface area contributed by atoms with Crippen LogP contribution < -0.4 is 0 Å². The Hall–Kier alpha value is -2.37. The molecule has 2 rings (SSSR count). The molecule has 0 aliphatic heterocycles. The fraction of sp³-hybridized carbons (Fsp3) is 0.211. The molecule has 5 nitrogen and oxygen atoms in total. The highest BCUT2D eigenvalue weighted by atomic mass is 35.5. The summed E-state index contributed by atoms with van der Waals surface area (Å²) in [6, 6.07) is 12.8. The third-order valence-electron chi connectivity index (χ3n) is 3.54. The number of carbonyl (C=O) groups excluding carboxylic acids is 3. The number of benzene rings is 2. The number of rotatable bonds is 6. The molecular formula is C19H17Cl2NO4. The molecule has 0 N–H and O–H groups in total. The van der Waals surface area contributed by atoms with Gasteiger partial charge in [0, 0.05) is 17.5 Å². The zero-order valence-electron chi connectivity index (χ0n) is 14.1. The Kier molecular flexibility index (Phi) is 7.18. The number of carbonyl (C=O) groups is 3. The molecule has 7 heteroatoms. The van der Waals surface area contributed by atoms with E-state index in [0.29, 0.717) is 10.6 Å². The van der Waals surface area contributed by atoms with Crippen molar-refractivity contribution < 1.29 is 19.1 Å². The Labute approximate surface area is 161 Å². The molecule has 0 fully saturated rings. The van der Waals surface area contributed by atoms with Crippen LogP contribution in [0, 0.1) is 0 Å². The third kappa shape index (κ3) is 5.07. The lowest BCUT2D eigenvalue weighted by Crippen LogP contribution is -2.39. The summed E-state index contributed by atoms with van der Waals surface area (Å²) in [6.45, 7) is 1.51. The summed E-state index contributed by atoms with van der Waals surface area (Å²) in [5.41, 5.74) is 0.563. The molecule has 2 aromatic rings. The van der Waals surface area contributed by atoms with Crippen molar-refractivity contribution in [2.24, 2.45) is 0 Å². The molecule has 0 aliphatic carbocycles. The third-order valence-corrected chi connectivity index (χ3v) is 4.28. The predicted molar refractivity (Wildman–Crippen MR) is 99.5 cm³/mol. The van der Waals surface area contributed by atoms with Gasteiger partial charge >= 0.3 is 5.97 Å². The Morgan fingerprint density at radius 1 is 0.923 bits per heavy atom. The van der Waals surface area contributed by atoms with E-state index in [2.05, 4.69) is 0 Å². The van der Waals surface area contributed by atoms with Gasteiger partial charge in [-0.05, 0) is 30.3 Å². The standard InChI is InChI=1S/C19H17Cl2NO4/c1-2-17(23)26-11-10-22(18(24)13-6-4-3-5-7-13)19(25)14-8-9-15(20)16(21)12-14/h3-9,12H,2,10-11H2,1H3. The summed E-state index contributed by atoms with van der Waals surface area (Å²) in [5, 5.41) is 0.517. The molecule has 0 radical (unpaired) electrons. The van der Waals surface area contributed by atoms with Gasteiger partial charge < -0.3 is 4.74 Å². The number of imide groups is 1. The van der Waals surface area contributed by atoms with Gasteiger partial charge in [0.05, 0.1) is 16.6 Å². The van der Waals surface area contributed by atoms with Crippen molar-refractivity contribution >= 4 is 41.0 Å². The van der Waals surface area contributed by atoms with E-state index in [4.69, 9.17) is 27.9 Å². The molecule has 0 saturated carbocycles. The number of amides is 2. The van der Waals surface area contributed by atoms with Crippen molar-refractivity contribution in [3.05, 3.63) is 69.7 Å².